The maximum atomic E-state index is 14.0. The van der Waals surface area contributed by atoms with Crippen LogP contribution in [0.5, 0.6) is 0 Å². The van der Waals surface area contributed by atoms with Crippen molar-refractivity contribution in [1.82, 2.24) is 14.7 Å². The number of alkyl halides is 3. The molecule has 54 heavy (non-hydrogen) atoms. The molecule has 0 saturated carbocycles. The molecule has 0 aliphatic carbocycles. The second-order valence-electron chi connectivity index (χ2n) is 13.4. The molecule has 3 aromatic carbocycles. The highest BCUT2D eigenvalue weighted by molar-refractivity contribution is 6.33. The van der Waals surface area contributed by atoms with Gasteiger partial charge < -0.3 is 40.1 Å². The number of piperidine rings is 1. The van der Waals surface area contributed by atoms with Crippen LogP contribution in [0.4, 0.5) is 39.8 Å². The summed E-state index contributed by atoms with van der Waals surface area (Å²) in [5.41, 5.74) is 6.96. The minimum atomic E-state index is -4.80. The number of hydrogen-bond donors (Lipinski definition) is 2. The molecule has 3 heterocycles. The topological polar surface area (TPSA) is 138 Å². The van der Waals surface area contributed by atoms with Crippen molar-refractivity contribution in [2.24, 2.45) is 0 Å². The molecule has 3 N–H and O–H groups in total. The van der Waals surface area contributed by atoms with Crippen molar-refractivity contribution in [2.75, 3.05) is 68.4 Å². The first kappa shape index (κ1) is 38.5. The van der Waals surface area contributed by atoms with Gasteiger partial charge in [-0.1, -0.05) is 29.8 Å². The van der Waals surface area contributed by atoms with Gasteiger partial charge in [0.25, 0.3) is 5.91 Å². The predicted octanol–water partition coefficient (Wildman–Crippen LogP) is 6.07. The Balaban J connectivity index is 1.13. The van der Waals surface area contributed by atoms with E-state index in [2.05, 4.69) is 5.32 Å². The number of urea groups is 1. The maximum absolute atomic E-state index is 14.0. The fourth-order valence-corrected chi connectivity index (χ4v) is 7.37. The number of nitrogen functional groups attached to an aromatic ring is 1. The van der Waals surface area contributed by atoms with Gasteiger partial charge in [-0.05, 0) is 79.8 Å². The van der Waals surface area contributed by atoms with Crippen LogP contribution >= 0.6 is 11.6 Å². The number of esters is 1. The molecule has 2 fully saturated rings. The van der Waals surface area contributed by atoms with Crippen molar-refractivity contribution in [3.05, 3.63) is 87.9 Å². The van der Waals surface area contributed by atoms with E-state index in [0.29, 0.717) is 44.5 Å². The summed E-state index contributed by atoms with van der Waals surface area (Å²) in [4.78, 5) is 59.6. The van der Waals surface area contributed by atoms with Crippen LogP contribution in [0.3, 0.4) is 0 Å². The fourth-order valence-electron chi connectivity index (χ4n) is 7.13. The summed E-state index contributed by atoms with van der Waals surface area (Å²) in [6.07, 6.45) is -5.78. The van der Waals surface area contributed by atoms with E-state index >= 15 is 0 Å². The van der Waals surface area contributed by atoms with E-state index < -0.39 is 41.5 Å². The van der Waals surface area contributed by atoms with Crippen LogP contribution < -0.4 is 16.0 Å². The molecule has 0 radical (unpaired) electrons. The van der Waals surface area contributed by atoms with Crippen LogP contribution in [0.1, 0.15) is 46.8 Å². The number of nitrogens with one attached hydrogen (secondary N) is 1. The number of nitrogens with two attached hydrogens (primary N) is 1. The van der Waals surface area contributed by atoms with Gasteiger partial charge >= 0.3 is 24.3 Å². The number of halogens is 4. The smallest absolute Gasteiger partial charge is 0.418 e. The van der Waals surface area contributed by atoms with Crippen molar-refractivity contribution in [2.45, 2.75) is 50.9 Å². The molecule has 6 rings (SSSR count). The van der Waals surface area contributed by atoms with Gasteiger partial charge in [0.1, 0.15) is 0 Å². The van der Waals surface area contributed by atoms with Crippen LogP contribution in [0, 0.1) is 0 Å². The number of fused-ring (bicyclic) bond motifs is 1. The highest BCUT2D eigenvalue weighted by Crippen LogP contribution is 2.38. The van der Waals surface area contributed by atoms with E-state index in [1.54, 1.807) is 36.1 Å². The predicted molar refractivity (Wildman–Crippen MR) is 196 cm³/mol. The number of carbonyl (C=O) groups excluding carboxylic acids is 4. The molecule has 0 aromatic heterocycles. The lowest BCUT2D eigenvalue weighted by atomic mass is 10.0. The number of rotatable bonds is 8. The number of amides is 4. The molecule has 16 heteroatoms. The van der Waals surface area contributed by atoms with E-state index in [1.807, 2.05) is 29.2 Å². The van der Waals surface area contributed by atoms with Gasteiger partial charge in [0.15, 0.2) is 6.10 Å². The Morgan fingerprint density at radius 1 is 0.944 bits per heavy atom. The monoisotopic (exact) mass is 770 g/mol. The zero-order valence-corrected chi connectivity index (χ0v) is 30.5. The van der Waals surface area contributed by atoms with Crippen LogP contribution in [0.15, 0.2) is 60.7 Å². The Bertz CT molecular complexity index is 1860. The van der Waals surface area contributed by atoms with Crippen LogP contribution in [0.2, 0.25) is 5.02 Å². The van der Waals surface area contributed by atoms with E-state index in [4.69, 9.17) is 26.8 Å². The average molecular weight is 771 g/mol. The summed E-state index contributed by atoms with van der Waals surface area (Å²) < 4.78 is 52.4. The van der Waals surface area contributed by atoms with Crippen molar-refractivity contribution >= 4 is 52.7 Å². The number of ether oxygens (including phenoxy) is 2. The first-order chi connectivity index (χ1) is 25.8. The molecular formula is C38H42ClF3N6O6. The number of likely N-dealkylation sites (tertiary alicyclic amines) is 1. The Labute approximate surface area is 315 Å². The van der Waals surface area contributed by atoms with Crippen molar-refractivity contribution in [3.63, 3.8) is 0 Å². The van der Waals surface area contributed by atoms with Crippen molar-refractivity contribution < 1.29 is 41.8 Å². The Morgan fingerprint density at radius 3 is 2.30 bits per heavy atom. The van der Waals surface area contributed by atoms with Gasteiger partial charge in [0.05, 0.1) is 28.4 Å². The SMILES string of the molecule is CCOC(=O)c1ccc(N2CCN(C(=O)C(Cc3cc(Cl)c(N)c(C(F)(F)F)c3)OC(=O)N3CCC(N4CCc5ccccc5NC4=O)CC3)CC2)cc1. The maximum Gasteiger partial charge on any atom is 0.418 e. The summed E-state index contributed by atoms with van der Waals surface area (Å²) in [5, 5.41) is 2.64. The number of hydrogen-bond acceptors (Lipinski definition) is 8. The highest BCUT2D eigenvalue weighted by Gasteiger charge is 2.38. The molecular weight excluding hydrogens is 729 g/mol. The summed E-state index contributed by atoms with van der Waals surface area (Å²) >= 11 is 6.11. The van der Waals surface area contributed by atoms with Crippen molar-refractivity contribution in [1.29, 1.82) is 0 Å². The van der Waals surface area contributed by atoms with Crippen LogP contribution in [0.25, 0.3) is 0 Å². The molecule has 2 saturated heterocycles. The Hall–Kier alpha value is -5.18. The third-order valence-corrected chi connectivity index (χ3v) is 10.4. The Kier molecular flexibility index (Phi) is 11.7. The summed E-state index contributed by atoms with van der Waals surface area (Å²) in [6, 6.07) is 16.3. The fraction of sp³-hybridized carbons (Fsp3) is 0.421. The summed E-state index contributed by atoms with van der Waals surface area (Å²) in [6.45, 7) is 4.33. The highest BCUT2D eigenvalue weighted by atomic mass is 35.5. The molecule has 3 aromatic rings. The molecule has 288 valence electrons. The lowest BCUT2D eigenvalue weighted by Crippen LogP contribution is -2.54. The lowest BCUT2D eigenvalue weighted by Gasteiger charge is -2.39. The Morgan fingerprint density at radius 2 is 1.63 bits per heavy atom. The standard InChI is InChI=1S/C38H42ClF3N6O6/c1-2-53-35(50)26-7-9-27(10-8-26)45-17-19-46(20-18-45)34(49)32(23-24-21-29(38(40,41)42)33(43)30(39)22-24)54-37(52)47-14-12-28(13-15-47)48-16-11-25-5-3-4-6-31(25)44-36(48)51/h3-10,21-22,28,32H,2,11-20,23,43H2,1H3,(H,44,51). The number of para-hydroxylation sites is 1. The molecule has 0 spiro atoms. The second-order valence-corrected chi connectivity index (χ2v) is 13.8. The van der Waals surface area contributed by atoms with Crippen LogP contribution in [-0.4, -0.2) is 103 Å². The molecule has 0 bridgehead atoms. The van der Waals surface area contributed by atoms with E-state index in [0.717, 1.165) is 23.0 Å². The number of anilines is 3. The summed E-state index contributed by atoms with van der Waals surface area (Å²) in [5.74, 6) is -0.983. The minimum Gasteiger partial charge on any atom is -0.462 e. The van der Waals surface area contributed by atoms with Gasteiger partial charge in [0.2, 0.25) is 0 Å². The molecule has 3 aliphatic heterocycles. The van der Waals surface area contributed by atoms with E-state index in [1.165, 1.54) is 15.9 Å². The van der Waals surface area contributed by atoms with Gasteiger partial charge in [0, 0.05) is 69.7 Å². The number of nitrogens with zero attached hydrogens (tertiary/aromatic N) is 4. The molecule has 3 aliphatic rings. The van der Waals surface area contributed by atoms with Crippen LogP contribution in [-0.2, 0) is 33.3 Å². The first-order valence-corrected chi connectivity index (χ1v) is 18.3. The number of benzene rings is 3. The van der Waals surface area contributed by atoms with E-state index in [-0.39, 0.29) is 61.9 Å². The van der Waals surface area contributed by atoms with Crippen molar-refractivity contribution in [3.8, 4) is 0 Å². The lowest BCUT2D eigenvalue weighted by molar-refractivity contribution is -0.141. The zero-order chi connectivity index (χ0) is 38.6. The first-order valence-electron chi connectivity index (χ1n) is 17.9. The van der Waals surface area contributed by atoms with Gasteiger partial charge in [-0.15, -0.1) is 0 Å². The average Bonchev–Trinajstić information content (AvgIpc) is 3.33. The number of carbonyl (C=O) groups is 4. The van der Waals surface area contributed by atoms with E-state index in [9.17, 15) is 32.3 Å². The number of piperazine rings is 1. The zero-order valence-electron chi connectivity index (χ0n) is 29.7. The second kappa shape index (κ2) is 16.5. The quantitative estimate of drug-likeness (QED) is 0.208. The van der Waals surface area contributed by atoms with Gasteiger partial charge in [-0.2, -0.15) is 13.2 Å². The summed E-state index contributed by atoms with van der Waals surface area (Å²) in [7, 11) is 0. The van der Waals surface area contributed by atoms with Gasteiger partial charge in [-0.25, -0.2) is 14.4 Å². The normalized spacial score (nSPS) is 17.3. The largest absolute Gasteiger partial charge is 0.462 e. The minimum absolute atomic E-state index is 0.0277. The molecule has 1 unspecified atom stereocenters. The molecule has 4 amide bonds. The third kappa shape index (κ3) is 8.78. The third-order valence-electron chi connectivity index (χ3n) is 10.1. The molecule has 1 atom stereocenters. The molecule has 12 nitrogen and oxygen atoms in total. The van der Waals surface area contributed by atoms with Gasteiger partial charge in [-0.3, -0.25) is 4.79 Å².